The fraction of sp³-hybridized carbons (Fsp3) is 0.750. The third-order valence-corrected chi connectivity index (χ3v) is 8.60. The molecule has 0 spiro atoms. The van der Waals surface area contributed by atoms with Crippen LogP contribution in [0.5, 0.6) is 0 Å². The van der Waals surface area contributed by atoms with E-state index >= 15 is 0 Å². The highest BCUT2D eigenvalue weighted by Crippen LogP contribution is 2.37. The van der Waals surface area contributed by atoms with Gasteiger partial charge in [-0.3, -0.25) is 4.79 Å². The summed E-state index contributed by atoms with van der Waals surface area (Å²) in [6.07, 6.45) is 2.05. The van der Waals surface area contributed by atoms with Gasteiger partial charge in [-0.1, -0.05) is 39.6 Å². The van der Waals surface area contributed by atoms with E-state index in [1.807, 2.05) is 0 Å². The number of rotatable bonds is 1. The summed E-state index contributed by atoms with van der Waals surface area (Å²) >= 11 is 0. The molecule has 86 valence electrons. The van der Waals surface area contributed by atoms with Gasteiger partial charge in [0.05, 0.1) is 8.07 Å². The van der Waals surface area contributed by atoms with E-state index in [1.165, 1.54) is 0 Å². The van der Waals surface area contributed by atoms with Crippen molar-refractivity contribution >= 4 is 14.0 Å². The highest BCUT2D eigenvalue weighted by molar-refractivity contribution is 6.85. The lowest BCUT2D eigenvalue weighted by atomic mass is 10.1. The van der Waals surface area contributed by atoms with Crippen LogP contribution in [-0.4, -0.2) is 20.5 Å². The molecule has 0 aromatic heterocycles. The number of carbonyl (C=O) groups is 1. The van der Waals surface area contributed by atoms with Crippen LogP contribution in [0.4, 0.5) is 0 Å². The maximum Gasteiger partial charge on any atom is 0.246 e. The first kappa shape index (κ1) is 12.5. The van der Waals surface area contributed by atoms with Crippen LogP contribution in [0.25, 0.3) is 0 Å². The fourth-order valence-electron chi connectivity index (χ4n) is 1.50. The van der Waals surface area contributed by atoms with Crippen molar-refractivity contribution < 1.29 is 4.79 Å². The number of hydrogen-bond donors (Lipinski definition) is 1. The topological polar surface area (TPSA) is 29.1 Å². The maximum absolute atomic E-state index is 11.6. The lowest BCUT2D eigenvalue weighted by Gasteiger charge is -2.35. The Hall–Kier alpha value is -0.573. The first-order valence-corrected chi connectivity index (χ1v) is 8.82. The molecule has 0 unspecified atom stereocenters. The summed E-state index contributed by atoms with van der Waals surface area (Å²) in [6.45, 7) is 12.3. The molecule has 0 saturated carbocycles. The Morgan fingerprint density at radius 1 is 1.33 bits per heavy atom. The Kier molecular flexibility index (Phi) is 3.43. The molecule has 0 atom stereocenters. The van der Waals surface area contributed by atoms with E-state index in [0.29, 0.717) is 5.04 Å². The van der Waals surface area contributed by atoms with Gasteiger partial charge in [-0.05, 0) is 17.9 Å². The van der Waals surface area contributed by atoms with Gasteiger partial charge in [0.15, 0.2) is 0 Å². The van der Waals surface area contributed by atoms with E-state index in [2.05, 4.69) is 44.9 Å². The number of hydrogen-bond acceptors (Lipinski definition) is 1. The average molecular weight is 225 g/mol. The van der Waals surface area contributed by atoms with Crippen molar-refractivity contribution in [3.05, 3.63) is 11.3 Å². The molecule has 15 heavy (non-hydrogen) atoms. The molecule has 0 bridgehead atoms. The van der Waals surface area contributed by atoms with Gasteiger partial charge in [-0.25, -0.2) is 0 Å². The van der Waals surface area contributed by atoms with Crippen LogP contribution in [0.1, 0.15) is 33.6 Å². The Morgan fingerprint density at radius 3 is 2.40 bits per heavy atom. The van der Waals surface area contributed by atoms with Gasteiger partial charge >= 0.3 is 0 Å². The molecule has 1 amide bonds. The van der Waals surface area contributed by atoms with Gasteiger partial charge in [0.2, 0.25) is 5.91 Å². The van der Waals surface area contributed by atoms with Crippen molar-refractivity contribution in [2.75, 3.05) is 6.54 Å². The average Bonchev–Trinajstić information content (AvgIpc) is 2.06. The second kappa shape index (κ2) is 4.12. The fourth-order valence-corrected chi connectivity index (χ4v) is 3.08. The minimum atomic E-state index is -1.46. The largest absolute Gasteiger partial charge is 0.352 e. The van der Waals surface area contributed by atoms with E-state index in [9.17, 15) is 4.79 Å². The summed E-state index contributed by atoms with van der Waals surface area (Å²) in [4.78, 5) is 11.6. The summed E-state index contributed by atoms with van der Waals surface area (Å²) in [5.74, 6) is 0.158. The molecule has 0 aromatic rings. The van der Waals surface area contributed by atoms with Gasteiger partial charge in [0.1, 0.15) is 0 Å². The number of nitrogens with one attached hydrogen (secondary N) is 1. The molecule has 0 aromatic carbocycles. The van der Waals surface area contributed by atoms with Gasteiger partial charge in [-0.15, -0.1) is 0 Å². The van der Waals surface area contributed by atoms with Crippen LogP contribution in [0.3, 0.4) is 0 Å². The predicted octanol–water partition coefficient (Wildman–Crippen LogP) is 2.87. The van der Waals surface area contributed by atoms with Gasteiger partial charge in [0.25, 0.3) is 0 Å². The van der Waals surface area contributed by atoms with E-state index in [4.69, 9.17) is 0 Å². The lowest BCUT2D eigenvalue weighted by molar-refractivity contribution is -0.118. The zero-order chi connectivity index (χ0) is 11.7. The molecular weight excluding hydrogens is 202 g/mol. The Balaban J connectivity index is 2.90. The van der Waals surface area contributed by atoms with E-state index in [0.717, 1.165) is 25.0 Å². The summed E-state index contributed by atoms with van der Waals surface area (Å²) in [7, 11) is -1.46. The molecule has 1 rings (SSSR count). The van der Waals surface area contributed by atoms with Crippen LogP contribution in [0.2, 0.25) is 18.1 Å². The third-order valence-electron chi connectivity index (χ3n) is 3.67. The van der Waals surface area contributed by atoms with Gasteiger partial charge in [-0.2, -0.15) is 0 Å². The van der Waals surface area contributed by atoms with Crippen LogP contribution in [-0.2, 0) is 4.79 Å². The summed E-state index contributed by atoms with van der Waals surface area (Å²) in [6, 6.07) is 0. The van der Waals surface area contributed by atoms with Crippen LogP contribution in [0, 0.1) is 0 Å². The first-order chi connectivity index (χ1) is 6.74. The van der Waals surface area contributed by atoms with Crippen molar-refractivity contribution in [3.63, 3.8) is 0 Å². The number of amides is 1. The quantitative estimate of drug-likeness (QED) is 0.539. The maximum atomic E-state index is 11.6. The van der Waals surface area contributed by atoms with Crippen molar-refractivity contribution in [1.82, 2.24) is 5.32 Å². The van der Waals surface area contributed by atoms with Crippen molar-refractivity contribution in [2.24, 2.45) is 0 Å². The molecule has 1 heterocycles. The van der Waals surface area contributed by atoms with E-state index < -0.39 is 8.07 Å². The second-order valence-corrected chi connectivity index (χ2v) is 11.2. The van der Waals surface area contributed by atoms with Crippen molar-refractivity contribution in [2.45, 2.75) is 51.7 Å². The SMILES string of the molecule is CC(C)(C)[Si](C)(C)/C=C1/CCCNC1=O. The van der Waals surface area contributed by atoms with Crippen molar-refractivity contribution in [1.29, 1.82) is 0 Å². The minimum Gasteiger partial charge on any atom is -0.352 e. The predicted molar refractivity (Wildman–Crippen MR) is 67.5 cm³/mol. The summed E-state index contributed by atoms with van der Waals surface area (Å²) < 4.78 is 0. The number of piperidine rings is 1. The highest BCUT2D eigenvalue weighted by Gasteiger charge is 2.34. The molecule has 1 aliphatic rings. The summed E-state index contributed by atoms with van der Waals surface area (Å²) in [5, 5.41) is 3.24. The lowest BCUT2D eigenvalue weighted by Crippen LogP contribution is -2.38. The molecule has 1 saturated heterocycles. The van der Waals surface area contributed by atoms with Gasteiger partial charge < -0.3 is 5.32 Å². The molecule has 3 heteroatoms. The molecule has 1 fully saturated rings. The molecule has 0 aliphatic carbocycles. The highest BCUT2D eigenvalue weighted by atomic mass is 28.3. The van der Waals surface area contributed by atoms with E-state index in [1.54, 1.807) is 0 Å². The zero-order valence-corrected chi connectivity index (χ0v) is 11.6. The van der Waals surface area contributed by atoms with E-state index in [-0.39, 0.29) is 5.91 Å². The molecular formula is C12H23NOSi. The van der Waals surface area contributed by atoms with Crippen molar-refractivity contribution in [3.8, 4) is 0 Å². The Bertz CT molecular complexity index is 286. The van der Waals surface area contributed by atoms with Gasteiger partial charge in [0, 0.05) is 12.1 Å². The van der Waals surface area contributed by atoms with Crippen LogP contribution >= 0.6 is 0 Å². The van der Waals surface area contributed by atoms with Crippen LogP contribution in [0.15, 0.2) is 11.3 Å². The standard InChI is InChI=1S/C12H23NOSi/c1-12(2,3)15(4,5)9-10-7-6-8-13-11(10)14/h9H,6-8H2,1-5H3,(H,13,14)/b10-9-. The smallest absolute Gasteiger partial charge is 0.246 e. The number of carbonyl (C=O) groups excluding carboxylic acids is 1. The Labute approximate surface area is 94.2 Å². The molecule has 0 radical (unpaired) electrons. The summed E-state index contributed by atoms with van der Waals surface area (Å²) in [5.41, 5.74) is 3.31. The molecule has 1 N–H and O–H groups in total. The third kappa shape index (κ3) is 2.94. The first-order valence-electron chi connectivity index (χ1n) is 5.74. The zero-order valence-electron chi connectivity index (χ0n) is 10.6. The second-order valence-electron chi connectivity index (χ2n) is 6.00. The molecule has 1 aliphatic heterocycles. The molecule has 2 nitrogen and oxygen atoms in total. The minimum absolute atomic E-state index is 0.158. The normalized spacial score (nSPS) is 21.7. The Morgan fingerprint density at radius 2 is 1.93 bits per heavy atom. The van der Waals surface area contributed by atoms with Crippen LogP contribution < -0.4 is 5.32 Å². The monoisotopic (exact) mass is 225 g/mol.